The summed E-state index contributed by atoms with van der Waals surface area (Å²) in [6.45, 7) is 9.38. The van der Waals surface area contributed by atoms with Gasteiger partial charge < -0.3 is 19.7 Å². The number of carbonyl (C=O) groups is 2. The molecule has 0 atom stereocenters. The van der Waals surface area contributed by atoms with E-state index < -0.39 is 11.3 Å². The molecule has 1 aromatic heterocycles. The number of piperazine rings is 1. The Balaban J connectivity index is 1.55. The lowest BCUT2D eigenvalue weighted by atomic mass is 10.1. The molecular weight excluding hydrogens is 452 g/mol. The Morgan fingerprint density at radius 2 is 1.58 bits per heavy atom. The molecule has 2 heterocycles. The van der Waals surface area contributed by atoms with E-state index >= 15 is 0 Å². The number of aromatic nitrogens is 1. The van der Waals surface area contributed by atoms with Gasteiger partial charge in [0.15, 0.2) is 0 Å². The van der Waals surface area contributed by atoms with Crippen molar-refractivity contribution in [2.75, 3.05) is 37.6 Å². The molecule has 1 saturated heterocycles. The topological polar surface area (TPSA) is 74.7 Å². The van der Waals surface area contributed by atoms with Gasteiger partial charge in [-0.2, -0.15) is 0 Å². The molecule has 2 amide bonds. The molecule has 7 nitrogen and oxygen atoms in total. The molecule has 0 bridgehead atoms. The number of amides is 2. The van der Waals surface area contributed by atoms with Crippen molar-refractivity contribution in [3.63, 3.8) is 0 Å². The minimum absolute atomic E-state index is 0.00443. The van der Waals surface area contributed by atoms with Gasteiger partial charge in [0.25, 0.3) is 11.8 Å². The van der Waals surface area contributed by atoms with Crippen LogP contribution in [-0.2, 0) is 13.0 Å². The zero-order chi connectivity index (χ0) is 25.7. The minimum Gasteiger partial charge on any atom is -0.368 e. The Bertz CT molecular complexity index is 1290. The van der Waals surface area contributed by atoms with Gasteiger partial charge in [0.2, 0.25) is 5.43 Å². The molecule has 188 valence electrons. The van der Waals surface area contributed by atoms with Crippen molar-refractivity contribution in [2.45, 2.75) is 33.7 Å². The summed E-state index contributed by atoms with van der Waals surface area (Å²) in [4.78, 5) is 43.4. The number of anilines is 1. The Kier molecular flexibility index (Phi) is 7.88. The summed E-state index contributed by atoms with van der Waals surface area (Å²) in [5, 5.41) is 2.70. The van der Waals surface area contributed by atoms with Gasteiger partial charge in [0.05, 0.1) is 0 Å². The maximum atomic E-state index is 13.5. The summed E-state index contributed by atoms with van der Waals surface area (Å²) < 4.78 is 1.79. The Hall–Kier alpha value is -3.87. The van der Waals surface area contributed by atoms with E-state index in [4.69, 9.17) is 0 Å². The lowest BCUT2D eigenvalue weighted by molar-refractivity contribution is 0.0744. The second-order valence-corrected chi connectivity index (χ2v) is 9.25. The highest BCUT2D eigenvalue weighted by atomic mass is 16.2. The number of aryl methyl sites for hydroxylation is 3. The highest BCUT2D eigenvalue weighted by molar-refractivity contribution is 5.99. The van der Waals surface area contributed by atoms with E-state index in [0.29, 0.717) is 39.3 Å². The van der Waals surface area contributed by atoms with Crippen LogP contribution in [0.5, 0.6) is 0 Å². The predicted molar refractivity (Wildman–Crippen MR) is 143 cm³/mol. The monoisotopic (exact) mass is 486 g/mol. The lowest BCUT2D eigenvalue weighted by Gasteiger charge is -2.37. The van der Waals surface area contributed by atoms with Crippen molar-refractivity contribution >= 4 is 17.5 Å². The van der Waals surface area contributed by atoms with Crippen LogP contribution in [0.1, 0.15) is 44.3 Å². The number of benzene rings is 2. The summed E-state index contributed by atoms with van der Waals surface area (Å²) in [7, 11) is 0. The molecule has 1 aliphatic rings. The van der Waals surface area contributed by atoms with Gasteiger partial charge in [-0.05, 0) is 49.9 Å². The van der Waals surface area contributed by atoms with Gasteiger partial charge in [0.1, 0.15) is 11.1 Å². The Morgan fingerprint density at radius 1 is 0.889 bits per heavy atom. The van der Waals surface area contributed by atoms with E-state index in [1.807, 2.05) is 30.3 Å². The van der Waals surface area contributed by atoms with Gasteiger partial charge in [0, 0.05) is 57.3 Å². The number of nitrogens with one attached hydrogen (secondary N) is 1. The number of nitrogens with zero attached hydrogens (tertiary/aromatic N) is 3. The average Bonchev–Trinajstić information content (AvgIpc) is 2.90. The van der Waals surface area contributed by atoms with Crippen LogP contribution >= 0.6 is 0 Å². The maximum absolute atomic E-state index is 13.5. The molecule has 3 aromatic rings. The molecule has 0 aliphatic carbocycles. The number of carbonyl (C=O) groups excluding carboxylic acids is 2. The van der Waals surface area contributed by atoms with Crippen LogP contribution in [0.25, 0.3) is 0 Å². The fraction of sp³-hybridized carbons (Fsp3) is 0.345. The summed E-state index contributed by atoms with van der Waals surface area (Å²) in [6, 6.07) is 16.3. The van der Waals surface area contributed by atoms with Gasteiger partial charge in [-0.3, -0.25) is 14.4 Å². The van der Waals surface area contributed by atoms with Crippen LogP contribution in [-0.4, -0.2) is 54.0 Å². The number of hydrogen-bond acceptors (Lipinski definition) is 4. The first-order valence-corrected chi connectivity index (χ1v) is 12.6. The summed E-state index contributed by atoms with van der Waals surface area (Å²) in [6.07, 6.45) is 3.89. The molecule has 0 radical (unpaired) electrons. The molecule has 1 aliphatic heterocycles. The standard InChI is InChI=1S/C29H34N4O3/c1-4-30-28(35)24-19-31(14-13-23-10-6-5-7-11-23)20-25(27(24)34)29(36)33-17-15-32(16-18-33)26-12-8-9-21(2)22(26)3/h5-12,19-20H,4,13-18H2,1-3H3,(H,30,35). The van der Waals surface area contributed by atoms with Gasteiger partial charge in [-0.1, -0.05) is 42.5 Å². The Morgan fingerprint density at radius 3 is 2.28 bits per heavy atom. The molecule has 36 heavy (non-hydrogen) atoms. The van der Waals surface area contributed by atoms with Crippen LogP contribution in [0.4, 0.5) is 5.69 Å². The molecule has 7 heteroatoms. The van der Waals surface area contributed by atoms with Crippen molar-refractivity contribution in [2.24, 2.45) is 0 Å². The first-order valence-electron chi connectivity index (χ1n) is 12.6. The normalized spacial score (nSPS) is 13.5. The predicted octanol–water partition coefficient (Wildman–Crippen LogP) is 3.42. The summed E-state index contributed by atoms with van der Waals surface area (Å²) in [5.74, 6) is -0.773. The van der Waals surface area contributed by atoms with Crippen LogP contribution in [0.2, 0.25) is 0 Å². The van der Waals surface area contributed by atoms with Crippen molar-refractivity contribution in [3.8, 4) is 0 Å². The SMILES string of the molecule is CCNC(=O)c1cn(CCc2ccccc2)cc(C(=O)N2CCN(c3cccc(C)c3C)CC2)c1=O. The van der Waals surface area contributed by atoms with Crippen LogP contribution < -0.4 is 15.6 Å². The van der Waals surface area contributed by atoms with Gasteiger partial charge in [-0.25, -0.2) is 0 Å². The zero-order valence-corrected chi connectivity index (χ0v) is 21.3. The largest absolute Gasteiger partial charge is 0.368 e. The smallest absolute Gasteiger partial charge is 0.259 e. The number of hydrogen-bond donors (Lipinski definition) is 1. The van der Waals surface area contributed by atoms with E-state index in [1.54, 1.807) is 28.8 Å². The zero-order valence-electron chi connectivity index (χ0n) is 21.3. The van der Waals surface area contributed by atoms with Gasteiger partial charge in [-0.15, -0.1) is 0 Å². The van der Waals surface area contributed by atoms with E-state index in [2.05, 4.69) is 42.3 Å². The van der Waals surface area contributed by atoms with E-state index in [-0.39, 0.29) is 17.0 Å². The maximum Gasteiger partial charge on any atom is 0.259 e. The summed E-state index contributed by atoms with van der Waals surface area (Å²) in [5.41, 5.74) is 4.35. The van der Waals surface area contributed by atoms with E-state index in [9.17, 15) is 14.4 Å². The molecule has 0 spiro atoms. The molecule has 1 N–H and O–H groups in total. The van der Waals surface area contributed by atoms with Crippen molar-refractivity contribution < 1.29 is 9.59 Å². The minimum atomic E-state index is -0.515. The molecule has 0 saturated carbocycles. The lowest BCUT2D eigenvalue weighted by Crippen LogP contribution is -2.50. The summed E-state index contributed by atoms with van der Waals surface area (Å²) >= 11 is 0. The van der Waals surface area contributed by atoms with Crippen LogP contribution in [0.3, 0.4) is 0 Å². The second-order valence-electron chi connectivity index (χ2n) is 9.25. The van der Waals surface area contributed by atoms with Crippen LogP contribution in [0.15, 0.2) is 65.7 Å². The van der Waals surface area contributed by atoms with E-state index in [0.717, 1.165) is 12.0 Å². The quantitative estimate of drug-likeness (QED) is 0.555. The Labute approximate surface area is 212 Å². The third-order valence-electron chi connectivity index (χ3n) is 6.88. The number of rotatable bonds is 7. The van der Waals surface area contributed by atoms with Crippen molar-refractivity contribution in [3.05, 3.63) is 99.0 Å². The van der Waals surface area contributed by atoms with Crippen molar-refractivity contribution in [1.29, 1.82) is 0 Å². The fourth-order valence-corrected chi connectivity index (χ4v) is 4.63. The average molecular weight is 487 g/mol. The highest BCUT2D eigenvalue weighted by Crippen LogP contribution is 2.24. The molecule has 1 fully saturated rings. The molecular formula is C29H34N4O3. The van der Waals surface area contributed by atoms with E-state index in [1.165, 1.54) is 16.8 Å². The highest BCUT2D eigenvalue weighted by Gasteiger charge is 2.27. The fourth-order valence-electron chi connectivity index (χ4n) is 4.63. The first-order chi connectivity index (χ1) is 17.4. The molecule has 2 aromatic carbocycles. The molecule has 0 unspecified atom stereocenters. The first kappa shape index (κ1) is 25.2. The van der Waals surface area contributed by atoms with Crippen LogP contribution in [0, 0.1) is 13.8 Å². The third kappa shape index (κ3) is 5.51. The third-order valence-corrected chi connectivity index (χ3v) is 6.88. The van der Waals surface area contributed by atoms with Crippen molar-refractivity contribution in [1.82, 2.24) is 14.8 Å². The second kappa shape index (κ2) is 11.2. The number of pyridine rings is 1. The van der Waals surface area contributed by atoms with Gasteiger partial charge >= 0.3 is 0 Å². The molecule has 4 rings (SSSR count).